The molecular formula is C11H15NO3. The lowest BCUT2D eigenvalue weighted by molar-refractivity contribution is -0.137. The molecule has 0 spiro atoms. The highest BCUT2D eigenvalue weighted by atomic mass is 16.5. The van der Waals surface area contributed by atoms with Crippen LogP contribution in [0.1, 0.15) is 31.9 Å². The summed E-state index contributed by atoms with van der Waals surface area (Å²) in [4.78, 5) is 14.8. The van der Waals surface area contributed by atoms with Crippen LogP contribution in [0, 0.1) is 0 Å². The Morgan fingerprint density at radius 1 is 1.60 bits per heavy atom. The van der Waals surface area contributed by atoms with Gasteiger partial charge in [0.05, 0.1) is 13.0 Å². The summed E-state index contributed by atoms with van der Waals surface area (Å²) >= 11 is 0. The highest BCUT2D eigenvalue weighted by Crippen LogP contribution is 2.19. The van der Waals surface area contributed by atoms with Crippen LogP contribution in [-0.4, -0.2) is 22.7 Å². The van der Waals surface area contributed by atoms with E-state index in [0.717, 1.165) is 5.69 Å². The molecule has 1 aromatic heterocycles. The van der Waals surface area contributed by atoms with Crippen molar-refractivity contribution in [3.63, 3.8) is 0 Å². The number of carboxylic acid groups (broad SMARTS) is 1. The number of ether oxygens (including phenoxy) is 1. The lowest BCUT2D eigenvalue weighted by Crippen LogP contribution is -2.05. The summed E-state index contributed by atoms with van der Waals surface area (Å²) in [5, 5.41) is 8.66. The quantitative estimate of drug-likeness (QED) is 0.806. The third kappa shape index (κ3) is 3.58. The van der Waals surface area contributed by atoms with Crippen LogP contribution < -0.4 is 4.74 Å². The Hall–Kier alpha value is -1.58. The molecule has 1 heterocycles. The monoisotopic (exact) mass is 209 g/mol. The lowest BCUT2D eigenvalue weighted by atomic mass is 10.0. The number of hydrogen-bond donors (Lipinski definition) is 1. The highest BCUT2D eigenvalue weighted by molar-refractivity contribution is 5.67. The first-order valence-corrected chi connectivity index (χ1v) is 4.95. The molecule has 0 saturated carbocycles. The van der Waals surface area contributed by atoms with Crippen molar-refractivity contribution in [1.29, 1.82) is 0 Å². The zero-order valence-electron chi connectivity index (χ0n) is 8.93. The van der Waals surface area contributed by atoms with E-state index in [4.69, 9.17) is 9.84 Å². The normalized spacial score (nSPS) is 12.1. The number of carboxylic acids is 1. The molecule has 0 aliphatic carbocycles. The molecule has 0 saturated heterocycles. The SMILES string of the molecule is CCOc1cccc(C(C)CC(=O)O)n1. The number of hydrogen-bond acceptors (Lipinski definition) is 3. The maximum atomic E-state index is 10.5. The van der Waals surface area contributed by atoms with E-state index in [2.05, 4.69) is 4.98 Å². The van der Waals surface area contributed by atoms with E-state index in [1.54, 1.807) is 6.07 Å². The summed E-state index contributed by atoms with van der Waals surface area (Å²) in [5.74, 6) is -0.360. The summed E-state index contributed by atoms with van der Waals surface area (Å²) in [6.07, 6.45) is 0.0859. The molecule has 82 valence electrons. The Balaban J connectivity index is 2.75. The van der Waals surface area contributed by atoms with Crippen LogP contribution in [0.2, 0.25) is 0 Å². The van der Waals surface area contributed by atoms with Gasteiger partial charge in [0.25, 0.3) is 0 Å². The minimum atomic E-state index is -0.814. The molecule has 0 aliphatic heterocycles. The van der Waals surface area contributed by atoms with E-state index in [1.807, 2.05) is 26.0 Å². The molecule has 0 aromatic carbocycles. The summed E-state index contributed by atoms with van der Waals surface area (Å²) in [6.45, 7) is 4.28. The minimum absolute atomic E-state index is 0.0859. The van der Waals surface area contributed by atoms with Crippen molar-refractivity contribution >= 4 is 5.97 Å². The van der Waals surface area contributed by atoms with Gasteiger partial charge in [-0.15, -0.1) is 0 Å². The van der Waals surface area contributed by atoms with Crippen LogP contribution >= 0.6 is 0 Å². The van der Waals surface area contributed by atoms with Gasteiger partial charge >= 0.3 is 5.97 Å². The van der Waals surface area contributed by atoms with Crippen LogP contribution in [0.15, 0.2) is 18.2 Å². The second-order valence-corrected chi connectivity index (χ2v) is 3.33. The van der Waals surface area contributed by atoms with Crippen molar-refractivity contribution in [2.45, 2.75) is 26.2 Å². The van der Waals surface area contributed by atoms with Gasteiger partial charge in [-0.2, -0.15) is 0 Å². The van der Waals surface area contributed by atoms with Crippen molar-refractivity contribution in [2.24, 2.45) is 0 Å². The molecule has 0 fully saturated rings. The zero-order chi connectivity index (χ0) is 11.3. The van der Waals surface area contributed by atoms with Gasteiger partial charge in [-0.3, -0.25) is 4.79 Å². The smallest absolute Gasteiger partial charge is 0.304 e. The molecule has 4 heteroatoms. The second-order valence-electron chi connectivity index (χ2n) is 3.33. The Kier molecular flexibility index (Phi) is 4.09. The zero-order valence-corrected chi connectivity index (χ0v) is 8.93. The molecule has 1 unspecified atom stereocenters. The van der Waals surface area contributed by atoms with Gasteiger partial charge in [-0.25, -0.2) is 4.98 Å². The molecule has 1 atom stereocenters. The van der Waals surface area contributed by atoms with Crippen LogP contribution in [0.5, 0.6) is 5.88 Å². The van der Waals surface area contributed by atoms with Crippen molar-refractivity contribution in [2.75, 3.05) is 6.61 Å². The summed E-state index contributed by atoms with van der Waals surface area (Å²) in [7, 11) is 0. The van der Waals surface area contributed by atoms with Crippen molar-refractivity contribution < 1.29 is 14.6 Å². The molecule has 0 aliphatic rings. The average Bonchev–Trinajstić information content (AvgIpc) is 2.17. The highest BCUT2D eigenvalue weighted by Gasteiger charge is 2.11. The molecule has 15 heavy (non-hydrogen) atoms. The van der Waals surface area contributed by atoms with Crippen LogP contribution in [0.4, 0.5) is 0 Å². The first-order valence-electron chi connectivity index (χ1n) is 4.95. The number of pyridine rings is 1. The van der Waals surface area contributed by atoms with Gasteiger partial charge in [0.1, 0.15) is 0 Å². The van der Waals surface area contributed by atoms with Gasteiger partial charge in [-0.1, -0.05) is 13.0 Å². The molecule has 1 aromatic rings. The van der Waals surface area contributed by atoms with Gasteiger partial charge in [0.2, 0.25) is 5.88 Å². The standard InChI is InChI=1S/C11H15NO3/c1-3-15-10-6-4-5-9(12-10)8(2)7-11(13)14/h4-6,8H,3,7H2,1-2H3,(H,13,14). The number of rotatable bonds is 5. The Labute approximate surface area is 88.9 Å². The Bertz CT molecular complexity index is 338. The van der Waals surface area contributed by atoms with E-state index >= 15 is 0 Å². The van der Waals surface area contributed by atoms with Crippen LogP contribution in [0.25, 0.3) is 0 Å². The Morgan fingerprint density at radius 3 is 2.93 bits per heavy atom. The number of aromatic nitrogens is 1. The van der Waals surface area contributed by atoms with Crippen LogP contribution in [-0.2, 0) is 4.79 Å². The van der Waals surface area contributed by atoms with E-state index < -0.39 is 5.97 Å². The van der Waals surface area contributed by atoms with E-state index in [-0.39, 0.29) is 12.3 Å². The van der Waals surface area contributed by atoms with E-state index in [9.17, 15) is 4.79 Å². The maximum Gasteiger partial charge on any atom is 0.304 e. The van der Waals surface area contributed by atoms with Crippen molar-refractivity contribution in [1.82, 2.24) is 4.98 Å². The minimum Gasteiger partial charge on any atom is -0.481 e. The fourth-order valence-corrected chi connectivity index (χ4v) is 1.30. The number of aliphatic carboxylic acids is 1. The molecule has 0 bridgehead atoms. The summed E-state index contributed by atoms with van der Waals surface area (Å²) in [5.41, 5.74) is 0.753. The molecule has 0 amide bonds. The molecule has 0 radical (unpaired) electrons. The van der Waals surface area contributed by atoms with E-state index in [0.29, 0.717) is 12.5 Å². The predicted octanol–water partition coefficient (Wildman–Crippen LogP) is 2.06. The molecule has 1 rings (SSSR count). The fraction of sp³-hybridized carbons (Fsp3) is 0.455. The number of carbonyl (C=O) groups is 1. The average molecular weight is 209 g/mol. The topological polar surface area (TPSA) is 59.4 Å². The molecule has 4 nitrogen and oxygen atoms in total. The summed E-state index contributed by atoms with van der Waals surface area (Å²) in [6, 6.07) is 5.41. The largest absolute Gasteiger partial charge is 0.481 e. The number of nitrogens with zero attached hydrogens (tertiary/aromatic N) is 1. The first-order chi connectivity index (χ1) is 7.13. The van der Waals surface area contributed by atoms with Crippen molar-refractivity contribution in [3.8, 4) is 5.88 Å². The van der Waals surface area contributed by atoms with Crippen molar-refractivity contribution in [3.05, 3.63) is 23.9 Å². The van der Waals surface area contributed by atoms with Gasteiger partial charge in [0, 0.05) is 17.7 Å². The molecule has 1 N–H and O–H groups in total. The van der Waals surface area contributed by atoms with E-state index in [1.165, 1.54) is 0 Å². The van der Waals surface area contributed by atoms with Gasteiger partial charge in [-0.05, 0) is 13.0 Å². The van der Waals surface area contributed by atoms with Crippen LogP contribution in [0.3, 0.4) is 0 Å². The fourth-order valence-electron chi connectivity index (χ4n) is 1.30. The lowest BCUT2D eigenvalue weighted by Gasteiger charge is -2.09. The molecular weight excluding hydrogens is 194 g/mol. The maximum absolute atomic E-state index is 10.5. The summed E-state index contributed by atoms with van der Waals surface area (Å²) < 4.78 is 5.24. The second kappa shape index (κ2) is 5.34. The third-order valence-electron chi connectivity index (χ3n) is 2.02. The first kappa shape index (κ1) is 11.5. The third-order valence-corrected chi connectivity index (χ3v) is 2.02. The van der Waals surface area contributed by atoms with Gasteiger partial charge in [0.15, 0.2) is 0 Å². The Morgan fingerprint density at radius 2 is 2.33 bits per heavy atom. The van der Waals surface area contributed by atoms with Gasteiger partial charge < -0.3 is 9.84 Å². The predicted molar refractivity (Wildman–Crippen MR) is 56.1 cm³/mol.